The van der Waals surface area contributed by atoms with Crippen molar-refractivity contribution in [2.75, 3.05) is 0 Å². The topological polar surface area (TPSA) is 42.9 Å². The number of benzene rings is 2. The van der Waals surface area contributed by atoms with Crippen molar-refractivity contribution in [1.82, 2.24) is 9.97 Å². The van der Waals surface area contributed by atoms with Crippen molar-refractivity contribution >= 4 is 0 Å². The number of rotatable bonds is 4. The fourth-order valence-electron chi connectivity index (χ4n) is 2.58. The molecule has 0 saturated heterocycles. The van der Waals surface area contributed by atoms with Crippen LogP contribution in [0.1, 0.15) is 28.1 Å². The molecule has 0 atom stereocenters. The highest BCUT2D eigenvalue weighted by Gasteiger charge is 2.05. The third-order valence-corrected chi connectivity index (χ3v) is 3.75. The standard InChI is InChI=1S/C20H18N2O/c1-15-12-18(13-16-8-4-2-5-9-16)21-20(23)22-19(15)14-17-10-6-3-7-11-17/h2-12H,13-14H2,1H3. The molecule has 1 heterocycles. The molecule has 3 nitrogen and oxygen atoms in total. The summed E-state index contributed by atoms with van der Waals surface area (Å²) in [6.45, 7) is 1.99. The van der Waals surface area contributed by atoms with E-state index in [0.29, 0.717) is 12.8 Å². The molecule has 23 heavy (non-hydrogen) atoms. The third kappa shape index (κ3) is 4.10. The Balaban J connectivity index is 1.93. The molecule has 0 unspecified atom stereocenters. The molecule has 0 fully saturated rings. The first kappa shape index (κ1) is 15.1. The van der Waals surface area contributed by atoms with E-state index in [2.05, 4.69) is 9.97 Å². The highest BCUT2D eigenvalue weighted by Crippen LogP contribution is 2.12. The molecule has 0 aliphatic rings. The average molecular weight is 302 g/mol. The maximum atomic E-state index is 12.0. The maximum absolute atomic E-state index is 12.0. The lowest BCUT2D eigenvalue weighted by molar-refractivity contribution is 0.982. The zero-order valence-electron chi connectivity index (χ0n) is 13.1. The van der Waals surface area contributed by atoms with E-state index in [4.69, 9.17) is 0 Å². The summed E-state index contributed by atoms with van der Waals surface area (Å²) in [5.41, 5.74) is 4.38. The van der Waals surface area contributed by atoms with Crippen molar-refractivity contribution in [2.24, 2.45) is 0 Å². The molecule has 0 N–H and O–H groups in total. The van der Waals surface area contributed by atoms with Gasteiger partial charge in [-0.25, -0.2) is 4.79 Å². The van der Waals surface area contributed by atoms with Gasteiger partial charge in [0.2, 0.25) is 0 Å². The predicted molar refractivity (Wildman–Crippen MR) is 91.5 cm³/mol. The Bertz CT molecular complexity index is 846. The zero-order chi connectivity index (χ0) is 16.1. The first-order valence-corrected chi connectivity index (χ1v) is 7.66. The van der Waals surface area contributed by atoms with Gasteiger partial charge < -0.3 is 0 Å². The van der Waals surface area contributed by atoms with Crippen LogP contribution in [0.5, 0.6) is 0 Å². The van der Waals surface area contributed by atoms with E-state index in [1.807, 2.05) is 73.7 Å². The Morgan fingerprint density at radius 3 is 1.96 bits per heavy atom. The van der Waals surface area contributed by atoms with Gasteiger partial charge in [-0.1, -0.05) is 60.7 Å². The van der Waals surface area contributed by atoms with Crippen molar-refractivity contribution in [1.29, 1.82) is 0 Å². The maximum Gasteiger partial charge on any atom is 0.367 e. The summed E-state index contributed by atoms with van der Waals surface area (Å²) in [5.74, 6) is 0. The second-order valence-electron chi connectivity index (χ2n) is 5.60. The van der Waals surface area contributed by atoms with Crippen LogP contribution in [-0.4, -0.2) is 9.97 Å². The van der Waals surface area contributed by atoms with E-state index in [-0.39, 0.29) is 0 Å². The summed E-state index contributed by atoms with van der Waals surface area (Å²) in [4.78, 5) is 20.3. The molecule has 3 aromatic rings. The Labute approximate surface area is 135 Å². The molecule has 0 spiro atoms. The fourth-order valence-corrected chi connectivity index (χ4v) is 2.58. The lowest BCUT2D eigenvalue weighted by atomic mass is 10.1. The van der Waals surface area contributed by atoms with Gasteiger partial charge in [0.15, 0.2) is 0 Å². The average Bonchev–Trinajstić information content (AvgIpc) is 2.68. The number of hydrogen-bond donors (Lipinski definition) is 0. The highest BCUT2D eigenvalue weighted by atomic mass is 16.1. The van der Waals surface area contributed by atoms with Gasteiger partial charge in [-0.15, -0.1) is 0 Å². The van der Waals surface area contributed by atoms with Gasteiger partial charge in [0.1, 0.15) is 0 Å². The lowest BCUT2D eigenvalue weighted by Crippen LogP contribution is -2.10. The second-order valence-corrected chi connectivity index (χ2v) is 5.60. The SMILES string of the molecule is Cc1cc(Cc2ccccc2)nc(=O)nc1Cc1ccccc1. The summed E-state index contributed by atoms with van der Waals surface area (Å²) in [6.07, 6.45) is 1.28. The fraction of sp³-hybridized carbons (Fsp3) is 0.150. The zero-order valence-corrected chi connectivity index (χ0v) is 13.1. The van der Waals surface area contributed by atoms with Gasteiger partial charge in [0, 0.05) is 12.8 Å². The quantitative estimate of drug-likeness (QED) is 0.742. The van der Waals surface area contributed by atoms with Crippen molar-refractivity contribution < 1.29 is 0 Å². The van der Waals surface area contributed by atoms with Crippen molar-refractivity contribution in [2.45, 2.75) is 19.8 Å². The molecule has 2 aromatic carbocycles. The summed E-state index contributed by atoms with van der Waals surface area (Å²) in [5, 5.41) is 0. The van der Waals surface area contributed by atoms with E-state index in [9.17, 15) is 4.79 Å². The van der Waals surface area contributed by atoms with Crippen LogP contribution in [-0.2, 0) is 12.8 Å². The van der Waals surface area contributed by atoms with Gasteiger partial charge in [-0.3, -0.25) is 0 Å². The second kappa shape index (κ2) is 6.97. The Morgan fingerprint density at radius 1 is 0.783 bits per heavy atom. The number of aromatic nitrogens is 2. The minimum atomic E-state index is -0.421. The largest absolute Gasteiger partial charge is 0.367 e. The van der Waals surface area contributed by atoms with Gasteiger partial charge in [0.05, 0.1) is 11.4 Å². The van der Waals surface area contributed by atoms with E-state index in [1.165, 1.54) is 0 Å². The molecular weight excluding hydrogens is 284 g/mol. The van der Waals surface area contributed by atoms with E-state index in [1.54, 1.807) is 0 Å². The summed E-state index contributed by atoms with van der Waals surface area (Å²) in [6, 6.07) is 22.0. The van der Waals surface area contributed by atoms with Crippen LogP contribution in [0.3, 0.4) is 0 Å². The third-order valence-electron chi connectivity index (χ3n) is 3.75. The van der Waals surface area contributed by atoms with Gasteiger partial charge in [-0.05, 0) is 29.7 Å². The van der Waals surface area contributed by atoms with Crippen LogP contribution in [0, 0.1) is 6.92 Å². The molecular formula is C20H18N2O. The monoisotopic (exact) mass is 302 g/mol. The van der Waals surface area contributed by atoms with Crippen molar-refractivity contribution in [3.63, 3.8) is 0 Å². The van der Waals surface area contributed by atoms with Gasteiger partial charge in [0.25, 0.3) is 0 Å². The molecule has 0 radical (unpaired) electrons. The normalized spacial score (nSPS) is 10.5. The highest BCUT2D eigenvalue weighted by molar-refractivity contribution is 5.29. The van der Waals surface area contributed by atoms with Crippen LogP contribution in [0.2, 0.25) is 0 Å². The Hall–Kier alpha value is -2.81. The van der Waals surface area contributed by atoms with Crippen LogP contribution >= 0.6 is 0 Å². The molecule has 0 saturated carbocycles. The van der Waals surface area contributed by atoms with Crippen LogP contribution in [0.4, 0.5) is 0 Å². The molecule has 0 amide bonds. The van der Waals surface area contributed by atoms with Gasteiger partial charge in [-0.2, -0.15) is 9.97 Å². The number of nitrogens with zero attached hydrogens (tertiary/aromatic N) is 2. The first-order valence-electron chi connectivity index (χ1n) is 7.66. The molecule has 0 aliphatic heterocycles. The summed E-state index contributed by atoms with van der Waals surface area (Å²) < 4.78 is 0. The van der Waals surface area contributed by atoms with Crippen LogP contribution in [0.15, 0.2) is 71.5 Å². The first-order chi connectivity index (χ1) is 11.2. The Kier molecular flexibility index (Phi) is 4.57. The van der Waals surface area contributed by atoms with E-state index >= 15 is 0 Å². The van der Waals surface area contributed by atoms with E-state index in [0.717, 1.165) is 28.1 Å². The van der Waals surface area contributed by atoms with Crippen LogP contribution < -0.4 is 5.69 Å². The summed E-state index contributed by atoms with van der Waals surface area (Å²) in [7, 11) is 0. The van der Waals surface area contributed by atoms with E-state index < -0.39 is 5.69 Å². The smallest absolute Gasteiger partial charge is 0.244 e. The molecule has 3 heteroatoms. The molecule has 0 aliphatic carbocycles. The number of hydrogen-bond acceptors (Lipinski definition) is 3. The number of aryl methyl sites for hydroxylation is 1. The van der Waals surface area contributed by atoms with Crippen molar-refractivity contribution in [3.8, 4) is 0 Å². The van der Waals surface area contributed by atoms with Gasteiger partial charge >= 0.3 is 5.69 Å². The lowest BCUT2D eigenvalue weighted by Gasteiger charge is -2.01. The van der Waals surface area contributed by atoms with Crippen molar-refractivity contribution in [3.05, 3.63) is 105 Å². The minimum absolute atomic E-state index is 0.421. The molecule has 1 aromatic heterocycles. The molecule has 3 rings (SSSR count). The Morgan fingerprint density at radius 2 is 1.35 bits per heavy atom. The molecule has 0 bridgehead atoms. The molecule has 114 valence electrons. The summed E-state index contributed by atoms with van der Waals surface area (Å²) >= 11 is 0. The van der Waals surface area contributed by atoms with Crippen LogP contribution in [0.25, 0.3) is 0 Å². The minimum Gasteiger partial charge on any atom is -0.244 e. The predicted octanol–water partition coefficient (Wildman–Crippen LogP) is 3.33.